The van der Waals surface area contributed by atoms with Crippen LogP contribution in [0.1, 0.15) is 57.6 Å². The lowest BCUT2D eigenvalue weighted by Crippen LogP contribution is -2.27. The molecule has 0 unspecified atom stereocenters. The maximum absolute atomic E-state index is 9.16. The molecule has 17 heavy (non-hydrogen) atoms. The van der Waals surface area contributed by atoms with Crippen molar-refractivity contribution in [2.45, 2.75) is 58.6 Å². The van der Waals surface area contributed by atoms with Gasteiger partial charge in [0, 0.05) is 0 Å². The van der Waals surface area contributed by atoms with Gasteiger partial charge < -0.3 is 9.68 Å². The van der Waals surface area contributed by atoms with E-state index in [-0.39, 0.29) is 52.0 Å². The molecule has 0 saturated heterocycles. The molecule has 2 nitrogen and oxygen atoms in total. The van der Waals surface area contributed by atoms with Crippen molar-refractivity contribution in [1.29, 1.82) is 0 Å². The largest absolute Gasteiger partial charge is 0.491 e. The molecule has 0 aliphatic carbocycles. The Morgan fingerprint density at radius 2 is 1.35 bits per heavy atom. The second kappa shape index (κ2) is 15.2. The molecule has 1 heterocycles. The van der Waals surface area contributed by atoms with E-state index in [1.165, 1.54) is 0 Å². The number of hydrogen-bond acceptors (Lipinski definition) is 2. The molecule has 1 aliphatic rings. The Labute approximate surface area is 111 Å². The van der Waals surface area contributed by atoms with Crippen molar-refractivity contribution < 1.29 is 9.68 Å². The first-order chi connectivity index (χ1) is 4.88. The van der Waals surface area contributed by atoms with Crippen molar-refractivity contribution in [3.63, 3.8) is 0 Å². The zero-order chi connectivity index (χ0) is 6.97. The van der Waals surface area contributed by atoms with Crippen LogP contribution in [-0.4, -0.2) is 12.1 Å². The topological polar surface area (TPSA) is 29.5 Å². The normalized spacial score (nSPS) is 9.12. The zero-order valence-electron chi connectivity index (χ0n) is 5.45. The zero-order valence-corrected chi connectivity index (χ0v) is 5.45. The van der Waals surface area contributed by atoms with Crippen LogP contribution < -0.4 is 5.46 Å². The third kappa shape index (κ3) is 7.19. The molecule has 106 valence electrons. The van der Waals surface area contributed by atoms with Gasteiger partial charge in [0.2, 0.25) is 0 Å². The van der Waals surface area contributed by atoms with Crippen molar-refractivity contribution in [1.82, 2.24) is 0 Å². The maximum Gasteiger partial charge on any atom is 0.491 e. The summed E-state index contributed by atoms with van der Waals surface area (Å²) in [6.45, 7) is 0.539. The van der Waals surface area contributed by atoms with Crippen LogP contribution in [0.5, 0.6) is 0 Å². The second-order valence-electron chi connectivity index (χ2n) is 2.36. The Morgan fingerprint density at radius 3 is 1.82 bits per heavy atom. The van der Waals surface area contributed by atoms with Crippen molar-refractivity contribution in [3.05, 3.63) is 29.8 Å². The minimum atomic E-state index is -0.698. The first-order valence-electron chi connectivity index (χ1n) is 3.25. The summed E-state index contributed by atoms with van der Waals surface area (Å²) in [7, 11) is -0.698. The molecule has 1 aromatic carbocycles. The summed E-state index contributed by atoms with van der Waals surface area (Å²) >= 11 is 0. The average molecular weight is 246 g/mol. The summed E-state index contributed by atoms with van der Waals surface area (Å²) < 4.78 is 4.98. The van der Waals surface area contributed by atoms with Gasteiger partial charge in [-0.1, -0.05) is 76.3 Å². The van der Waals surface area contributed by atoms with Crippen LogP contribution in [-0.2, 0) is 11.3 Å². The molecular weight excluding hydrogens is 211 g/mol. The van der Waals surface area contributed by atoms with E-state index >= 15 is 0 Å². The predicted molar refractivity (Wildman–Crippen MR) is 86.0 cm³/mol. The third-order valence-corrected chi connectivity index (χ3v) is 1.72. The van der Waals surface area contributed by atoms with Gasteiger partial charge in [0.25, 0.3) is 0 Å². The van der Waals surface area contributed by atoms with Gasteiger partial charge in [0.15, 0.2) is 0 Å². The average Bonchev–Trinajstić information content (AvgIpc) is 2.34. The summed E-state index contributed by atoms with van der Waals surface area (Å²) in [5.41, 5.74) is 2.00. The molecule has 0 spiro atoms. The minimum Gasteiger partial charge on any atom is -0.423 e. The number of hydrogen-bond donors (Lipinski definition) is 1. The van der Waals surface area contributed by atoms with Gasteiger partial charge in [-0.25, -0.2) is 0 Å². The lowest BCUT2D eigenvalue weighted by molar-refractivity contribution is 0.275. The fraction of sp³-hybridized carbons (Fsp3) is 0.571. The monoisotopic (exact) mass is 246 g/mol. The van der Waals surface area contributed by atoms with Crippen LogP contribution in [0.4, 0.5) is 0 Å². The number of benzene rings is 1. The van der Waals surface area contributed by atoms with Crippen LogP contribution in [0, 0.1) is 0 Å². The van der Waals surface area contributed by atoms with E-state index in [2.05, 4.69) is 0 Å². The van der Waals surface area contributed by atoms with E-state index in [4.69, 9.17) is 9.68 Å². The number of rotatable bonds is 0. The molecule has 0 radical (unpaired) electrons. The highest BCUT2D eigenvalue weighted by molar-refractivity contribution is 6.61. The SMILES string of the molecule is C.C.C.C.C.C.C.OB1OCc2ccccc21. The highest BCUT2D eigenvalue weighted by Gasteiger charge is 2.25. The van der Waals surface area contributed by atoms with Gasteiger partial charge in [-0.3, -0.25) is 0 Å². The van der Waals surface area contributed by atoms with Gasteiger partial charge >= 0.3 is 7.12 Å². The lowest BCUT2D eigenvalue weighted by Gasteiger charge is -1.93. The Hall–Kier alpha value is -0.795. The Bertz CT molecular complexity index is 252. The molecule has 3 heteroatoms. The summed E-state index contributed by atoms with van der Waals surface area (Å²) in [5.74, 6) is 0. The molecule has 0 amide bonds. The molecule has 0 atom stereocenters. The molecular formula is C14H35BO2. The molecule has 1 N–H and O–H groups in total. The lowest BCUT2D eigenvalue weighted by atomic mass is 9.80. The van der Waals surface area contributed by atoms with Crippen molar-refractivity contribution >= 4 is 12.6 Å². The third-order valence-electron chi connectivity index (χ3n) is 1.72. The fourth-order valence-corrected chi connectivity index (χ4v) is 1.17. The predicted octanol–water partition coefficient (Wildman–Crippen LogP) is 4.36. The number of fused-ring (bicyclic) bond motifs is 1. The molecule has 2 rings (SSSR count). The van der Waals surface area contributed by atoms with Gasteiger partial charge in [0.05, 0.1) is 6.61 Å². The first-order valence-corrected chi connectivity index (χ1v) is 3.25. The highest BCUT2D eigenvalue weighted by atomic mass is 16.5. The quantitative estimate of drug-likeness (QED) is 0.689. The summed E-state index contributed by atoms with van der Waals surface area (Å²) in [4.78, 5) is 0. The standard InChI is InChI=1S/C7H7BO2.7CH4/c9-8-7-4-2-1-3-6(7)5-10-8;;;;;;;/h1-4,9H,5H2;7*1H4. The molecule has 0 bridgehead atoms. The van der Waals surface area contributed by atoms with Crippen LogP contribution >= 0.6 is 0 Å². The van der Waals surface area contributed by atoms with E-state index in [9.17, 15) is 0 Å². The van der Waals surface area contributed by atoms with E-state index in [1.807, 2.05) is 24.3 Å². The molecule has 1 aliphatic heterocycles. The van der Waals surface area contributed by atoms with Crippen molar-refractivity contribution in [2.24, 2.45) is 0 Å². The summed E-state index contributed by atoms with van der Waals surface area (Å²) in [6.07, 6.45) is 0. The Kier molecular flexibility index (Phi) is 32.2. The van der Waals surface area contributed by atoms with E-state index in [0.717, 1.165) is 11.0 Å². The van der Waals surface area contributed by atoms with Crippen LogP contribution in [0.2, 0.25) is 0 Å². The van der Waals surface area contributed by atoms with Gasteiger partial charge in [-0.2, -0.15) is 0 Å². The Balaban J connectivity index is -0.0000000432. The first kappa shape index (κ1) is 36.0. The van der Waals surface area contributed by atoms with Gasteiger partial charge in [-0.05, 0) is 11.0 Å². The smallest absolute Gasteiger partial charge is 0.423 e. The van der Waals surface area contributed by atoms with Crippen LogP contribution in [0.15, 0.2) is 24.3 Å². The highest BCUT2D eigenvalue weighted by Crippen LogP contribution is 2.07. The molecule has 1 aromatic rings. The molecule has 0 fully saturated rings. The summed E-state index contributed by atoms with van der Waals surface area (Å²) in [5, 5.41) is 9.16. The maximum atomic E-state index is 9.16. The second-order valence-corrected chi connectivity index (χ2v) is 2.36. The van der Waals surface area contributed by atoms with Crippen molar-refractivity contribution in [3.8, 4) is 0 Å². The van der Waals surface area contributed by atoms with Crippen LogP contribution in [0.25, 0.3) is 0 Å². The van der Waals surface area contributed by atoms with E-state index < -0.39 is 7.12 Å². The fourth-order valence-electron chi connectivity index (χ4n) is 1.17. The van der Waals surface area contributed by atoms with Crippen molar-refractivity contribution in [2.75, 3.05) is 0 Å². The van der Waals surface area contributed by atoms with Gasteiger partial charge in [0.1, 0.15) is 0 Å². The Morgan fingerprint density at radius 1 is 0.882 bits per heavy atom. The van der Waals surface area contributed by atoms with E-state index in [1.54, 1.807) is 0 Å². The summed E-state index contributed by atoms with van der Waals surface area (Å²) in [6, 6.07) is 7.69. The molecule has 0 aromatic heterocycles. The minimum absolute atomic E-state index is 0. The van der Waals surface area contributed by atoms with Gasteiger partial charge in [-0.15, -0.1) is 0 Å². The van der Waals surface area contributed by atoms with Crippen LogP contribution in [0.3, 0.4) is 0 Å². The molecule has 0 saturated carbocycles. The van der Waals surface area contributed by atoms with E-state index in [0.29, 0.717) is 6.61 Å².